The van der Waals surface area contributed by atoms with E-state index in [1.807, 2.05) is 6.07 Å². The molecule has 1 aromatic rings. The van der Waals surface area contributed by atoms with E-state index in [4.69, 9.17) is 5.26 Å². The predicted molar refractivity (Wildman–Crippen MR) is 74.6 cm³/mol. The first-order valence-corrected chi connectivity index (χ1v) is 8.60. The van der Waals surface area contributed by atoms with E-state index in [9.17, 15) is 13.2 Å². The average molecular weight is 313 g/mol. The number of rotatable bonds is 7. The van der Waals surface area contributed by atoms with Crippen LogP contribution in [0.15, 0.2) is 16.3 Å². The van der Waals surface area contributed by atoms with Crippen LogP contribution in [0.3, 0.4) is 0 Å². The molecule has 0 aliphatic heterocycles. The highest BCUT2D eigenvalue weighted by molar-refractivity contribution is 7.91. The molecule has 1 amide bonds. The number of amides is 1. The van der Waals surface area contributed by atoms with Gasteiger partial charge in [-0.1, -0.05) is 0 Å². The molecular formula is C12H15N3O3S2. The number of nitrogens with one attached hydrogen (secondary N) is 2. The normalized spacial score (nSPS) is 14.8. The molecule has 1 fully saturated rings. The molecule has 0 radical (unpaired) electrons. The molecule has 1 aliphatic rings. The minimum atomic E-state index is -3.57. The summed E-state index contributed by atoms with van der Waals surface area (Å²) in [6.45, 7) is 0.209. The smallest absolute Gasteiger partial charge is 0.250 e. The zero-order chi connectivity index (χ0) is 14.6. The number of sulfonamides is 1. The highest BCUT2D eigenvalue weighted by atomic mass is 32.2. The Balaban J connectivity index is 1.74. The molecule has 0 atom stereocenters. The highest BCUT2D eigenvalue weighted by Gasteiger charge is 2.23. The Hall–Kier alpha value is -1.43. The van der Waals surface area contributed by atoms with Gasteiger partial charge in [0.05, 0.1) is 0 Å². The molecule has 0 aromatic carbocycles. The standard InChI is InChI=1S/C12H15N3O3S2/c13-8-10-5-6-12(19-10)20(17,18)14-7-1-2-11(16)15-9-3-4-9/h5-6,9,14H,1-4,7H2,(H,15,16). The minimum absolute atomic E-state index is 0.0328. The van der Waals surface area contributed by atoms with E-state index in [1.54, 1.807) is 0 Å². The van der Waals surface area contributed by atoms with Gasteiger partial charge >= 0.3 is 0 Å². The van der Waals surface area contributed by atoms with Crippen LogP contribution in [0.1, 0.15) is 30.6 Å². The summed E-state index contributed by atoms with van der Waals surface area (Å²) >= 11 is 0.930. The van der Waals surface area contributed by atoms with Gasteiger partial charge in [-0.15, -0.1) is 11.3 Å². The van der Waals surface area contributed by atoms with Crippen LogP contribution in [0.2, 0.25) is 0 Å². The number of nitriles is 1. The van der Waals surface area contributed by atoms with Crippen LogP contribution in [-0.2, 0) is 14.8 Å². The number of nitrogens with zero attached hydrogens (tertiary/aromatic N) is 1. The number of carbonyl (C=O) groups excluding carboxylic acids is 1. The minimum Gasteiger partial charge on any atom is -0.353 e. The van der Waals surface area contributed by atoms with Crippen LogP contribution in [0, 0.1) is 11.3 Å². The van der Waals surface area contributed by atoms with Crippen molar-refractivity contribution in [1.82, 2.24) is 10.0 Å². The second kappa shape index (κ2) is 6.35. The van der Waals surface area contributed by atoms with E-state index in [0.29, 0.717) is 23.8 Å². The van der Waals surface area contributed by atoms with E-state index < -0.39 is 10.0 Å². The summed E-state index contributed by atoms with van der Waals surface area (Å²) in [4.78, 5) is 11.8. The Kier molecular flexibility index (Phi) is 4.75. The van der Waals surface area contributed by atoms with E-state index in [0.717, 1.165) is 24.2 Å². The third kappa shape index (κ3) is 4.30. The molecule has 8 heteroatoms. The first-order chi connectivity index (χ1) is 9.51. The van der Waals surface area contributed by atoms with Crippen molar-refractivity contribution in [2.24, 2.45) is 0 Å². The molecule has 1 aromatic heterocycles. The maximum Gasteiger partial charge on any atom is 0.250 e. The summed E-state index contributed by atoms with van der Waals surface area (Å²) in [5.74, 6) is -0.0328. The first kappa shape index (κ1) is 15.0. The van der Waals surface area contributed by atoms with Gasteiger partial charge in [-0.05, 0) is 31.4 Å². The number of hydrogen-bond donors (Lipinski definition) is 2. The Morgan fingerprint density at radius 3 is 2.80 bits per heavy atom. The molecule has 0 unspecified atom stereocenters. The molecule has 0 saturated heterocycles. The summed E-state index contributed by atoms with van der Waals surface area (Å²) in [6.07, 6.45) is 2.84. The lowest BCUT2D eigenvalue weighted by molar-refractivity contribution is -0.121. The molecule has 108 valence electrons. The fourth-order valence-electron chi connectivity index (χ4n) is 1.58. The average Bonchev–Trinajstić information content (AvgIpc) is 3.07. The van der Waals surface area contributed by atoms with Crippen LogP contribution in [-0.4, -0.2) is 26.9 Å². The molecule has 2 rings (SSSR count). The van der Waals surface area contributed by atoms with Gasteiger partial charge in [0.25, 0.3) is 0 Å². The maximum atomic E-state index is 11.9. The summed E-state index contributed by atoms with van der Waals surface area (Å²) < 4.78 is 26.3. The van der Waals surface area contributed by atoms with Gasteiger partial charge in [0.2, 0.25) is 15.9 Å². The Morgan fingerprint density at radius 1 is 1.45 bits per heavy atom. The van der Waals surface area contributed by atoms with Crippen molar-refractivity contribution >= 4 is 27.3 Å². The van der Waals surface area contributed by atoms with E-state index in [1.165, 1.54) is 12.1 Å². The first-order valence-electron chi connectivity index (χ1n) is 6.30. The van der Waals surface area contributed by atoms with Crippen molar-refractivity contribution in [2.45, 2.75) is 35.9 Å². The van der Waals surface area contributed by atoms with Crippen LogP contribution in [0.25, 0.3) is 0 Å². The molecule has 0 spiro atoms. The monoisotopic (exact) mass is 313 g/mol. The van der Waals surface area contributed by atoms with Gasteiger partial charge in [-0.3, -0.25) is 4.79 Å². The van der Waals surface area contributed by atoms with Gasteiger partial charge in [-0.25, -0.2) is 13.1 Å². The number of thiophene rings is 1. The van der Waals surface area contributed by atoms with Gasteiger partial charge in [-0.2, -0.15) is 5.26 Å². The molecule has 1 saturated carbocycles. The van der Waals surface area contributed by atoms with Crippen molar-refractivity contribution in [3.05, 3.63) is 17.0 Å². The lowest BCUT2D eigenvalue weighted by Gasteiger charge is -2.05. The van der Waals surface area contributed by atoms with Crippen molar-refractivity contribution in [3.8, 4) is 6.07 Å². The van der Waals surface area contributed by atoms with Crippen molar-refractivity contribution in [2.75, 3.05) is 6.54 Å². The summed E-state index contributed by atoms with van der Waals surface area (Å²) in [6, 6.07) is 5.11. The maximum absolute atomic E-state index is 11.9. The molecule has 6 nitrogen and oxygen atoms in total. The van der Waals surface area contributed by atoms with Crippen LogP contribution in [0.4, 0.5) is 0 Å². The van der Waals surface area contributed by atoms with Gasteiger partial charge in [0, 0.05) is 19.0 Å². The lowest BCUT2D eigenvalue weighted by atomic mass is 10.3. The third-order valence-corrected chi connectivity index (χ3v) is 5.71. The van der Waals surface area contributed by atoms with Crippen LogP contribution >= 0.6 is 11.3 Å². The van der Waals surface area contributed by atoms with E-state index in [-0.39, 0.29) is 16.7 Å². The fraction of sp³-hybridized carbons (Fsp3) is 0.500. The number of carbonyl (C=O) groups is 1. The summed E-state index contributed by atoms with van der Waals surface area (Å²) in [5.41, 5.74) is 0. The second-order valence-electron chi connectivity index (χ2n) is 4.57. The zero-order valence-electron chi connectivity index (χ0n) is 10.8. The largest absolute Gasteiger partial charge is 0.353 e. The Labute approximate surface area is 121 Å². The quantitative estimate of drug-likeness (QED) is 0.732. The summed E-state index contributed by atoms with van der Waals surface area (Å²) in [5, 5.41) is 11.5. The van der Waals surface area contributed by atoms with Gasteiger partial charge in [0.1, 0.15) is 15.2 Å². The molecule has 0 bridgehead atoms. The van der Waals surface area contributed by atoms with Crippen LogP contribution < -0.4 is 10.0 Å². The van der Waals surface area contributed by atoms with Crippen LogP contribution in [0.5, 0.6) is 0 Å². The number of hydrogen-bond acceptors (Lipinski definition) is 5. The van der Waals surface area contributed by atoms with Gasteiger partial charge in [0.15, 0.2) is 0 Å². The van der Waals surface area contributed by atoms with Crippen molar-refractivity contribution in [1.29, 1.82) is 5.26 Å². The second-order valence-corrected chi connectivity index (χ2v) is 7.65. The SMILES string of the molecule is N#Cc1ccc(S(=O)(=O)NCCCC(=O)NC2CC2)s1. The summed E-state index contributed by atoms with van der Waals surface area (Å²) in [7, 11) is -3.57. The van der Waals surface area contributed by atoms with Gasteiger partial charge < -0.3 is 5.32 Å². The Morgan fingerprint density at radius 2 is 2.20 bits per heavy atom. The third-order valence-electron chi connectivity index (χ3n) is 2.77. The Bertz CT molecular complexity index is 627. The zero-order valence-corrected chi connectivity index (χ0v) is 12.4. The lowest BCUT2D eigenvalue weighted by Crippen LogP contribution is -2.28. The van der Waals surface area contributed by atoms with Crippen molar-refractivity contribution in [3.63, 3.8) is 0 Å². The predicted octanol–water partition coefficient (Wildman–Crippen LogP) is 0.957. The topological polar surface area (TPSA) is 99.1 Å². The molecule has 2 N–H and O–H groups in total. The molecule has 1 aliphatic carbocycles. The van der Waals surface area contributed by atoms with E-state index >= 15 is 0 Å². The fourth-order valence-corrected chi connectivity index (χ4v) is 3.80. The van der Waals surface area contributed by atoms with E-state index in [2.05, 4.69) is 10.0 Å². The molecule has 1 heterocycles. The highest BCUT2D eigenvalue weighted by Crippen LogP contribution is 2.20. The van der Waals surface area contributed by atoms with Crippen molar-refractivity contribution < 1.29 is 13.2 Å². The molecular weight excluding hydrogens is 298 g/mol. The molecule has 20 heavy (non-hydrogen) atoms.